The maximum absolute atomic E-state index is 13.3. The third kappa shape index (κ3) is 5.61. The van der Waals surface area contributed by atoms with E-state index in [-0.39, 0.29) is 5.82 Å². The molecule has 0 fully saturated rings. The summed E-state index contributed by atoms with van der Waals surface area (Å²) in [6, 6.07) is 14.3. The molecule has 0 spiro atoms. The van der Waals surface area contributed by atoms with Crippen LogP contribution in [0.4, 0.5) is 4.39 Å². The van der Waals surface area contributed by atoms with Gasteiger partial charge in [0.1, 0.15) is 17.2 Å². The van der Waals surface area contributed by atoms with Crippen LogP contribution in [0.1, 0.15) is 24.6 Å². The quantitative estimate of drug-likeness (QED) is 0.513. The Morgan fingerprint density at radius 1 is 1.14 bits per heavy atom. The van der Waals surface area contributed by atoms with Crippen LogP contribution in [-0.2, 0) is 17.8 Å². The van der Waals surface area contributed by atoms with Gasteiger partial charge in [-0.15, -0.1) is 0 Å². The lowest BCUT2D eigenvalue weighted by Crippen LogP contribution is -2.17. The third-order valence-electron chi connectivity index (χ3n) is 4.24. The van der Waals surface area contributed by atoms with E-state index in [0.29, 0.717) is 18.1 Å². The summed E-state index contributed by atoms with van der Waals surface area (Å²) in [6.07, 6.45) is 0.938. The van der Waals surface area contributed by atoms with Crippen molar-refractivity contribution in [2.75, 3.05) is 19.8 Å². The van der Waals surface area contributed by atoms with Crippen LogP contribution in [0.2, 0.25) is 5.02 Å². The first kappa shape index (κ1) is 20.5. The minimum atomic E-state index is -0.357. The van der Waals surface area contributed by atoms with E-state index in [1.807, 2.05) is 37.3 Å². The summed E-state index contributed by atoms with van der Waals surface area (Å²) in [5.74, 6) is -0.357. The zero-order chi connectivity index (χ0) is 19.8. The molecule has 28 heavy (non-hydrogen) atoms. The van der Waals surface area contributed by atoms with Crippen LogP contribution in [0.3, 0.4) is 0 Å². The number of hydrogen-bond donors (Lipinski definition) is 1. The van der Waals surface area contributed by atoms with Crippen LogP contribution in [-0.4, -0.2) is 34.8 Å². The summed E-state index contributed by atoms with van der Waals surface area (Å²) in [5, 5.41) is 13.1. The summed E-state index contributed by atoms with van der Waals surface area (Å²) in [5.41, 5.74) is 3.47. The summed E-state index contributed by atoms with van der Waals surface area (Å²) >= 11 is 6.15. The minimum absolute atomic E-state index is 0.357. The molecule has 0 unspecified atom stereocenters. The van der Waals surface area contributed by atoms with Crippen molar-refractivity contribution >= 4 is 11.6 Å². The Labute approximate surface area is 169 Å². The fraction of sp³-hybridized carbons (Fsp3) is 0.333. The summed E-state index contributed by atoms with van der Waals surface area (Å²) in [6.45, 7) is 5.29. The van der Waals surface area contributed by atoms with Gasteiger partial charge in [-0.3, -0.25) is 0 Å². The topological polar surface area (TPSA) is 52.0 Å². The maximum atomic E-state index is 13.3. The van der Waals surface area contributed by atoms with Crippen LogP contribution >= 0.6 is 11.6 Å². The van der Waals surface area contributed by atoms with E-state index < -0.39 is 0 Å². The lowest BCUT2D eigenvalue weighted by atomic mass is 10.1. The second-order valence-electron chi connectivity index (χ2n) is 6.35. The first-order chi connectivity index (χ1) is 13.7. The van der Waals surface area contributed by atoms with Crippen molar-refractivity contribution in [2.24, 2.45) is 0 Å². The van der Waals surface area contributed by atoms with Gasteiger partial charge in [-0.1, -0.05) is 48.0 Å². The van der Waals surface area contributed by atoms with Crippen molar-refractivity contribution in [3.63, 3.8) is 0 Å². The Morgan fingerprint density at radius 3 is 2.71 bits per heavy atom. The lowest BCUT2D eigenvalue weighted by molar-refractivity contribution is 0.144. The van der Waals surface area contributed by atoms with Gasteiger partial charge in [0.25, 0.3) is 0 Å². The van der Waals surface area contributed by atoms with Crippen LogP contribution in [0.5, 0.6) is 0 Å². The predicted molar refractivity (Wildman–Crippen MR) is 109 cm³/mol. The second-order valence-corrected chi connectivity index (χ2v) is 6.76. The molecular formula is C21H24ClFN4O. The highest BCUT2D eigenvalue weighted by Crippen LogP contribution is 2.22. The molecule has 0 saturated carbocycles. The molecule has 0 bridgehead atoms. The Morgan fingerprint density at radius 2 is 1.96 bits per heavy atom. The van der Waals surface area contributed by atoms with Crippen molar-refractivity contribution in [1.29, 1.82) is 0 Å². The maximum Gasteiger partial charge on any atom is 0.124 e. The number of nitrogens with zero attached hydrogens (tertiary/aromatic N) is 3. The van der Waals surface area contributed by atoms with Gasteiger partial charge in [0, 0.05) is 30.3 Å². The average molecular weight is 403 g/mol. The number of nitrogens with one attached hydrogen (secondary N) is 1. The van der Waals surface area contributed by atoms with Gasteiger partial charge in [-0.05, 0) is 37.6 Å². The standard InChI is InChI=1S/C21H24ClFN4O/c1-2-28-12-6-11-24-14-20-21(16-7-4-3-5-8-16)26-27(25-20)15-17-9-10-18(23)13-19(17)22/h3-5,7-10,13,24H,2,6,11-12,14-15H2,1H3. The molecule has 3 aromatic rings. The molecule has 1 aromatic heterocycles. The van der Waals surface area contributed by atoms with Gasteiger partial charge in [0.2, 0.25) is 0 Å². The van der Waals surface area contributed by atoms with E-state index >= 15 is 0 Å². The van der Waals surface area contributed by atoms with E-state index in [1.165, 1.54) is 12.1 Å². The van der Waals surface area contributed by atoms with Crippen LogP contribution < -0.4 is 5.32 Å². The number of halogens is 2. The first-order valence-corrected chi connectivity index (χ1v) is 9.77. The number of hydrogen-bond acceptors (Lipinski definition) is 4. The molecule has 0 amide bonds. The number of aromatic nitrogens is 3. The van der Waals surface area contributed by atoms with E-state index in [9.17, 15) is 4.39 Å². The molecule has 5 nitrogen and oxygen atoms in total. The van der Waals surface area contributed by atoms with Crippen molar-refractivity contribution in [2.45, 2.75) is 26.4 Å². The molecule has 0 radical (unpaired) electrons. The molecule has 7 heteroatoms. The average Bonchev–Trinajstić information content (AvgIpc) is 3.10. The fourth-order valence-corrected chi connectivity index (χ4v) is 3.07. The Hall–Kier alpha value is -2.28. The minimum Gasteiger partial charge on any atom is -0.382 e. The number of benzene rings is 2. The highest BCUT2D eigenvalue weighted by atomic mass is 35.5. The van der Waals surface area contributed by atoms with Crippen LogP contribution in [0, 0.1) is 5.82 Å². The van der Waals surface area contributed by atoms with E-state index in [4.69, 9.17) is 16.3 Å². The van der Waals surface area contributed by atoms with Gasteiger partial charge in [0.05, 0.1) is 6.54 Å². The molecule has 0 aliphatic carbocycles. The molecule has 0 saturated heterocycles. The van der Waals surface area contributed by atoms with Gasteiger partial charge >= 0.3 is 0 Å². The van der Waals surface area contributed by atoms with Crippen molar-refractivity contribution < 1.29 is 9.13 Å². The number of ether oxygens (including phenoxy) is 1. The monoisotopic (exact) mass is 402 g/mol. The highest BCUT2D eigenvalue weighted by molar-refractivity contribution is 6.31. The van der Waals surface area contributed by atoms with E-state index in [1.54, 1.807) is 10.9 Å². The van der Waals surface area contributed by atoms with Crippen LogP contribution in [0.25, 0.3) is 11.3 Å². The molecule has 1 heterocycles. The molecule has 148 valence electrons. The predicted octanol–water partition coefficient (Wildman–Crippen LogP) is 4.30. The van der Waals surface area contributed by atoms with Crippen molar-refractivity contribution in [3.8, 4) is 11.3 Å². The molecule has 0 atom stereocenters. The van der Waals surface area contributed by atoms with Crippen molar-refractivity contribution in [3.05, 3.63) is 70.6 Å². The van der Waals surface area contributed by atoms with Gasteiger partial charge < -0.3 is 10.1 Å². The Kier molecular flexibility index (Phi) is 7.54. The van der Waals surface area contributed by atoms with Crippen LogP contribution in [0.15, 0.2) is 48.5 Å². The second kappa shape index (κ2) is 10.3. The molecule has 2 aromatic carbocycles. The Balaban J connectivity index is 1.75. The molecule has 0 aliphatic rings. The van der Waals surface area contributed by atoms with E-state index in [0.717, 1.165) is 48.7 Å². The normalized spacial score (nSPS) is 11.1. The molecular weight excluding hydrogens is 379 g/mol. The van der Waals surface area contributed by atoms with Gasteiger partial charge in [-0.2, -0.15) is 15.0 Å². The summed E-state index contributed by atoms with van der Waals surface area (Å²) in [7, 11) is 0. The molecule has 0 aliphatic heterocycles. The molecule has 3 rings (SSSR count). The van der Waals surface area contributed by atoms with Gasteiger partial charge in [0.15, 0.2) is 0 Å². The zero-order valence-electron chi connectivity index (χ0n) is 15.9. The summed E-state index contributed by atoms with van der Waals surface area (Å²) in [4.78, 5) is 1.61. The molecule has 1 N–H and O–H groups in total. The summed E-state index contributed by atoms with van der Waals surface area (Å²) < 4.78 is 18.6. The first-order valence-electron chi connectivity index (χ1n) is 9.39. The van der Waals surface area contributed by atoms with E-state index in [2.05, 4.69) is 15.5 Å². The lowest BCUT2D eigenvalue weighted by Gasteiger charge is -2.04. The third-order valence-corrected chi connectivity index (χ3v) is 4.59. The smallest absolute Gasteiger partial charge is 0.124 e. The Bertz CT molecular complexity index is 885. The highest BCUT2D eigenvalue weighted by Gasteiger charge is 2.14. The fourth-order valence-electron chi connectivity index (χ4n) is 2.84. The zero-order valence-corrected chi connectivity index (χ0v) is 16.6. The largest absolute Gasteiger partial charge is 0.382 e. The van der Waals surface area contributed by atoms with Crippen molar-refractivity contribution in [1.82, 2.24) is 20.3 Å². The van der Waals surface area contributed by atoms with Gasteiger partial charge in [-0.25, -0.2) is 4.39 Å². The SMILES string of the molecule is CCOCCCNCc1nn(Cc2ccc(F)cc2Cl)nc1-c1ccccc1. The number of rotatable bonds is 10.